The SMILES string of the molecule is CC(C)(C)NN.Cl.N#CCc1cccc(C(=O)Cl)c1.O=C(Cl)c1ccccc1. The zero-order chi connectivity index (χ0) is 20.9. The molecule has 2 rings (SSSR count). The minimum Gasteiger partial charge on any atom is -0.276 e. The van der Waals surface area contributed by atoms with E-state index in [1.165, 1.54) is 0 Å². The summed E-state index contributed by atoms with van der Waals surface area (Å²) >= 11 is 10.4. The van der Waals surface area contributed by atoms with Gasteiger partial charge in [0.2, 0.25) is 0 Å². The van der Waals surface area contributed by atoms with Crippen molar-refractivity contribution in [1.29, 1.82) is 5.26 Å². The van der Waals surface area contributed by atoms with Crippen LogP contribution in [0.5, 0.6) is 0 Å². The van der Waals surface area contributed by atoms with E-state index < -0.39 is 10.5 Å². The van der Waals surface area contributed by atoms with Gasteiger partial charge < -0.3 is 0 Å². The maximum atomic E-state index is 10.7. The normalized spacial score (nSPS) is 9.32. The summed E-state index contributed by atoms with van der Waals surface area (Å²) in [6.45, 7) is 6.02. The number of nitrogens with two attached hydrogens (primary N) is 1. The van der Waals surface area contributed by atoms with E-state index in [0.29, 0.717) is 17.5 Å². The number of carbonyl (C=O) groups excluding carboxylic acids is 2. The predicted octanol–water partition coefficient (Wildman–Crippen LogP) is 4.87. The van der Waals surface area contributed by atoms with E-state index in [4.69, 9.17) is 34.3 Å². The van der Waals surface area contributed by atoms with Crippen molar-refractivity contribution in [1.82, 2.24) is 5.43 Å². The monoisotopic (exact) mass is 443 g/mol. The van der Waals surface area contributed by atoms with Crippen molar-refractivity contribution >= 4 is 46.1 Å². The molecule has 0 aliphatic rings. The van der Waals surface area contributed by atoms with Crippen molar-refractivity contribution in [2.45, 2.75) is 32.7 Å². The van der Waals surface area contributed by atoms with E-state index >= 15 is 0 Å². The van der Waals surface area contributed by atoms with Crippen molar-refractivity contribution in [3.05, 3.63) is 71.3 Å². The van der Waals surface area contributed by atoms with Gasteiger partial charge in [0.05, 0.1) is 12.5 Å². The molecule has 5 nitrogen and oxygen atoms in total. The van der Waals surface area contributed by atoms with Gasteiger partial charge in [0.15, 0.2) is 0 Å². The van der Waals surface area contributed by atoms with Gasteiger partial charge in [-0.3, -0.25) is 20.9 Å². The number of benzene rings is 2. The molecule has 0 unspecified atom stereocenters. The average molecular weight is 445 g/mol. The molecule has 0 atom stereocenters. The van der Waals surface area contributed by atoms with Gasteiger partial charge in [0, 0.05) is 16.7 Å². The first-order valence-corrected chi connectivity index (χ1v) is 8.74. The number of nitriles is 1. The molecule has 8 heteroatoms. The lowest BCUT2D eigenvalue weighted by Crippen LogP contribution is -2.41. The third-order valence-corrected chi connectivity index (χ3v) is 3.31. The van der Waals surface area contributed by atoms with Crippen LogP contribution in [-0.4, -0.2) is 16.0 Å². The minimum atomic E-state index is -0.491. The Bertz CT molecular complexity index is 770. The molecule has 0 spiro atoms. The highest BCUT2D eigenvalue weighted by molar-refractivity contribution is 6.68. The molecule has 2 aromatic carbocycles. The van der Waals surface area contributed by atoms with Crippen LogP contribution in [0.4, 0.5) is 0 Å². The molecular weight excluding hydrogens is 421 g/mol. The van der Waals surface area contributed by atoms with E-state index in [1.807, 2.05) is 32.9 Å². The van der Waals surface area contributed by atoms with Gasteiger partial charge in [0.1, 0.15) is 0 Å². The quantitative estimate of drug-likeness (QED) is 0.400. The number of nitrogens with zero attached hydrogens (tertiary/aromatic N) is 1. The second-order valence-electron chi connectivity index (χ2n) is 6.34. The third kappa shape index (κ3) is 14.2. The molecule has 0 amide bonds. The first-order valence-electron chi connectivity index (χ1n) is 7.99. The summed E-state index contributed by atoms with van der Waals surface area (Å²) in [6.07, 6.45) is 0.304. The number of hydrogen-bond donors (Lipinski definition) is 2. The Hall–Kier alpha value is -1.94. The van der Waals surface area contributed by atoms with Crippen LogP contribution in [0.15, 0.2) is 54.6 Å². The van der Waals surface area contributed by atoms with Crippen molar-refractivity contribution < 1.29 is 9.59 Å². The van der Waals surface area contributed by atoms with E-state index in [1.54, 1.807) is 48.5 Å². The molecular formula is C20H24Cl3N3O2. The van der Waals surface area contributed by atoms with Crippen molar-refractivity contribution in [2.75, 3.05) is 0 Å². The molecule has 0 heterocycles. The van der Waals surface area contributed by atoms with E-state index in [9.17, 15) is 9.59 Å². The van der Waals surface area contributed by atoms with Gasteiger partial charge in [-0.15, -0.1) is 12.4 Å². The van der Waals surface area contributed by atoms with E-state index in [2.05, 4.69) is 5.43 Å². The molecule has 28 heavy (non-hydrogen) atoms. The molecule has 152 valence electrons. The average Bonchev–Trinajstić information content (AvgIpc) is 2.63. The number of hydrazine groups is 1. The second kappa shape index (κ2) is 15.0. The van der Waals surface area contributed by atoms with Crippen LogP contribution >= 0.6 is 35.6 Å². The largest absolute Gasteiger partial charge is 0.276 e. The fourth-order valence-corrected chi connectivity index (χ4v) is 1.71. The van der Waals surface area contributed by atoms with Gasteiger partial charge in [-0.2, -0.15) is 5.26 Å². The zero-order valence-corrected chi connectivity index (χ0v) is 18.2. The molecule has 0 saturated heterocycles. The van der Waals surface area contributed by atoms with Gasteiger partial charge in [-0.1, -0.05) is 48.5 Å². The summed E-state index contributed by atoms with van der Waals surface area (Å²) < 4.78 is 0. The van der Waals surface area contributed by atoms with E-state index in [-0.39, 0.29) is 17.9 Å². The molecule has 0 aromatic heterocycles. The van der Waals surface area contributed by atoms with Gasteiger partial charge >= 0.3 is 0 Å². The van der Waals surface area contributed by atoms with Gasteiger partial charge in [-0.05, 0) is 55.6 Å². The lowest BCUT2D eigenvalue weighted by Gasteiger charge is -2.14. The summed E-state index contributed by atoms with van der Waals surface area (Å²) in [5, 5.41) is 7.48. The minimum absolute atomic E-state index is 0. The summed E-state index contributed by atoms with van der Waals surface area (Å²) in [5.74, 6) is 5.06. The number of rotatable bonds is 3. The number of nitrogens with one attached hydrogen (secondary N) is 1. The van der Waals surface area contributed by atoms with Crippen LogP contribution in [0.1, 0.15) is 47.1 Å². The Balaban J connectivity index is 0. The Kier molecular flexibility index (Phi) is 15.2. The van der Waals surface area contributed by atoms with Crippen LogP contribution in [0, 0.1) is 11.3 Å². The topological polar surface area (TPSA) is 96.0 Å². The zero-order valence-electron chi connectivity index (χ0n) is 15.9. The summed E-state index contributed by atoms with van der Waals surface area (Å²) in [5.41, 5.74) is 4.46. The number of carbonyl (C=O) groups is 2. The maximum Gasteiger partial charge on any atom is 0.252 e. The Morgan fingerprint density at radius 3 is 1.82 bits per heavy atom. The van der Waals surface area contributed by atoms with Crippen LogP contribution in [0.2, 0.25) is 0 Å². The lowest BCUT2D eigenvalue weighted by molar-refractivity contribution is 0.107. The highest BCUT2D eigenvalue weighted by Crippen LogP contribution is 2.08. The molecule has 0 aliphatic carbocycles. The fraction of sp³-hybridized carbons (Fsp3) is 0.250. The number of halogens is 3. The first-order chi connectivity index (χ1) is 12.6. The second-order valence-corrected chi connectivity index (χ2v) is 7.03. The third-order valence-electron chi connectivity index (χ3n) is 2.87. The standard InChI is InChI=1S/C9H6ClNO.C7H5ClO.C4H12N2.ClH/c10-9(12)8-3-1-2-7(6-8)4-5-11;8-7(9)6-4-2-1-3-5-6;1-4(2,3)6-5;/h1-3,6H,4H2;1-5H;6H,5H2,1-3H3;1H. The fourth-order valence-electron chi connectivity index (χ4n) is 1.46. The predicted molar refractivity (Wildman–Crippen MR) is 117 cm³/mol. The molecule has 0 aliphatic heterocycles. The van der Waals surface area contributed by atoms with Crippen molar-refractivity contribution in [3.63, 3.8) is 0 Å². The molecule has 0 radical (unpaired) electrons. The van der Waals surface area contributed by atoms with Crippen LogP contribution in [0.25, 0.3) is 0 Å². The van der Waals surface area contributed by atoms with Gasteiger partial charge in [0.25, 0.3) is 10.5 Å². The Morgan fingerprint density at radius 2 is 1.46 bits per heavy atom. The summed E-state index contributed by atoms with van der Waals surface area (Å²) in [4.78, 5) is 21.1. The van der Waals surface area contributed by atoms with Gasteiger partial charge in [-0.25, -0.2) is 0 Å². The van der Waals surface area contributed by atoms with Crippen LogP contribution in [0.3, 0.4) is 0 Å². The highest BCUT2D eigenvalue weighted by Gasteiger charge is 2.03. The Morgan fingerprint density at radius 1 is 1.00 bits per heavy atom. The molecule has 3 N–H and O–H groups in total. The summed E-state index contributed by atoms with van der Waals surface area (Å²) in [7, 11) is 0. The molecule has 0 fully saturated rings. The van der Waals surface area contributed by atoms with E-state index in [0.717, 1.165) is 5.56 Å². The smallest absolute Gasteiger partial charge is 0.252 e. The molecule has 0 saturated carbocycles. The van der Waals surface area contributed by atoms with Crippen molar-refractivity contribution in [2.24, 2.45) is 5.84 Å². The molecule has 2 aromatic rings. The van der Waals surface area contributed by atoms with Crippen LogP contribution in [-0.2, 0) is 6.42 Å². The maximum absolute atomic E-state index is 10.7. The van der Waals surface area contributed by atoms with Crippen LogP contribution < -0.4 is 11.3 Å². The Labute approximate surface area is 182 Å². The first kappa shape index (κ1) is 28.3. The van der Waals surface area contributed by atoms with Crippen molar-refractivity contribution in [3.8, 4) is 6.07 Å². The lowest BCUT2D eigenvalue weighted by atomic mass is 10.1. The molecule has 0 bridgehead atoms. The summed E-state index contributed by atoms with van der Waals surface area (Å²) in [6, 6.07) is 17.5. The number of hydrogen-bond acceptors (Lipinski definition) is 5. The highest BCUT2D eigenvalue weighted by atomic mass is 35.5.